The number of rotatable bonds is 3. The number of anilines is 1. The number of carbonyl (C=O) groups excluding carboxylic acids is 1. The van der Waals surface area contributed by atoms with E-state index in [0.29, 0.717) is 22.3 Å². The second-order valence-electron chi connectivity index (χ2n) is 3.73. The maximum atomic E-state index is 11.7. The number of para-hydroxylation sites is 1. The zero-order valence-corrected chi connectivity index (χ0v) is 11.4. The van der Waals surface area contributed by atoms with Gasteiger partial charge < -0.3 is 10.6 Å². The van der Waals surface area contributed by atoms with Gasteiger partial charge in [0.25, 0.3) is 0 Å². The van der Waals surface area contributed by atoms with E-state index in [1.54, 1.807) is 24.4 Å². The number of amides is 2. The van der Waals surface area contributed by atoms with Gasteiger partial charge in [-0.3, -0.25) is 4.98 Å². The Morgan fingerprint density at radius 2 is 1.84 bits per heavy atom. The normalized spacial score (nSPS) is 10.0. The Morgan fingerprint density at radius 3 is 2.47 bits per heavy atom. The highest BCUT2D eigenvalue weighted by Gasteiger charge is 2.09. The Morgan fingerprint density at radius 1 is 1.11 bits per heavy atom. The highest BCUT2D eigenvalue weighted by Crippen LogP contribution is 2.29. The molecule has 1 aromatic carbocycles. The number of carbonyl (C=O) groups is 1. The van der Waals surface area contributed by atoms with Gasteiger partial charge in [0.1, 0.15) is 0 Å². The van der Waals surface area contributed by atoms with Crippen molar-refractivity contribution in [1.82, 2.24) is 10.3 Å². The zero-order chi connectivity index (χ0) is 13.7. The Labute approximate surface area is 120 Å². The highest BCUT2D eigenvalue weighted by atomic mass is 35.5. The van der Waals surface area contributed by atoms with Crippen LogP contribution in [0.15, 0.2) is 42.6 Å². The molecule has 0 saturated heterocycles. The van der Waals surface area contributed by atoms with Gasteiger partial charge in [-0.1, -0.05) is 35.3 Å². The fourth-order valence-electron chi connectivity index (χ4n) is 1.45. The molecule has 0 aliphatic carbocycles. The van der Waals surface area contributed by atoms with E-state index in [2.05, 4.69) is 15.6 Å². The molecule has 1 heterocycles. The van der Waals surface area contributed by atoms with Crippen molar-refractivity contribution in [3.63, 3.8) is 0 Å². The summed E-state index contributed by atoms with van der Waals surface area (Å²) < 4.78 is 0. The molecule has 0 atom stereocenters. The molecule has 6 heteroatoms. The first-order valence-corrected chi connectivity index (χ1v) is 6.31. The number of pyridine rings is 1. The maximum absolute atomic E-state index is 11.7. The predicted molar refractivity (Wildman–Crippen MR) is 76.6 cm³/mol. The molecule has 2 N–H and O–H groups in total. The molecule has 1 aromatic heterocycles. The summed E-state index contributed by atoms with van der Waals surface area (Å²) in [5.74, 6) is 0. The second-order valence-corrected chi connectivity index (χ2v) is 4.54. The summed E-state index contributed by atoms with van der Waals surface area (Å²) >= 11 is 11.9. The summed E-state index contributed by atoms with van der Waals surface area (Å²) in [6.07, 6.45) is 1.67. The van der Waals surface area contributed by atoms with E-state index in [-0.39, 0.29) is 6.03 Å². The van der Waals surface area contributed by atoms with E-state index in [1.807, 2.05) is 18.2 Å². The summed E-state index contributed by atoms with van der Waals surface area (Å²) in [7, 11) is 0. The van der Waals surface area contributed by atoms with Crippen molar-refractivity contribution in [3.05, 3.63) is 58.3 Å². The number of nitrogens with one attached hydrogen (secondary N) is 2. The number of nitrogens with zero attached hydrogens (tertiary/aromatic N) is 1. The van der Waals surface area contributed by atoms with Crippen molar-refractivity contribution in [2.45, 2.75) is 6.54 Å². The zero-order valence-electron chi connectivity index (χ0n) is 9.86. The van der Waals surface area contributed by atoms with Crippen LogP contribution in [0.3, 0.4) is 0 Å². The molecule has 0 unspecified atom stereocenters. The number of hydrogen-bond donors (Lipinski definition) is 2. The van der Waals surface area contributed by atoms with E-state index in [9.17, 15) is 4.79 Å². The number of halogens is 2. The minimum absolute atomic E-state index is 0.328. The van der Waals surface area contributed by atoms with Crippen molar-refractivity contribution < 1.29 is 4.79 Å². The van der Waals surface area contributed by atoms with Crippen LogP contribution < -0.4 is 10.6 Å². The predicted octanol–water partition coefficient (Wildman–Crippen LogP) is 3.71. The van der Waals surface area contributed by atoms with Gasteiger partial charge in [0, 0.05) is 6.20 Å². The quantitative estimate of drug-likeness (QED) is 0.907. The first-order chi connectivity index (χ1) is 9.16. The van der Waals surface area contributed by atoms with Crippen molar-refractivity contribution in [2.24, 2.45) is 0 Å². The van der Waals surface area contributed by atoms with Crippen molar-refractivity contribution >= 4 is 34.9 Å². The van der Waals surface area contributed by atoms with Gasteiger partial charge >= 0.3 is 6.03 Å². The minimum atomic E-state index is -0.388. The maximum Gasteiger partial charge on any atom is 0.319 e. The van der Waals surface area contributed by atoms with Crippen LogP contribution in [-0.4, -0.2) is 11.0 Å². The lowest BCUT2D eigenvalue weighted by Crippen LogP contribution is -2.28. The van der Waals surface area contributed by atoms with E-state index in [1.165, 1.54) is 0 Å². The molecule has 0 radical (unpaired) electrons. The van der Waals surface area contributed by atoms with Crippen LogP contribution in [0.4, 0.5) is 10.5 Å². The summed E-state index contributed by atoms with van der Waals surface area (Å²) in [5, 5.41) is 6.06. The molecule has 2 amide bonds. The fraction of sp³-hybridized carbons (Fsp3) is 0.0769. The SMILES string of the molecule is O=C(NCc1ccccn1)Nc1c(Cl)cccc1Cl. The number of benzene rings is 1. The molecule has 0 aliphatic rings. The third-order valence-electron chi connectivity index (χ3n) is 2.36. The number of aromatic nitrogens is 1. The van der Waals surface area contributed by atoms with Crippen LogP contribution in [0.1, 0.15) is 5.69 Å². The molecular formula is C13H11Cl2N3O. The average molecular weight is 296 g/mol. The van der Waals surface area contributed by atoms with Gasteiger partial charge in [-0.25, -0.2) is 4.79 Å². The van der Waals surface area contributed by atoms with Crippen molar-refractivity contribution in [1.29, 1.82) is 0 Å². The monoisotopic (exact) mass is 295 g/mol. The lowest BCUT2D eigenvalue weighted by Gasteiger charge is -2.10. The summed E-state index contributed by atoms with van der Waals surface area (Å²) in [4.78, 5) is 15.8. The summed E-state index contributed by atoms with van der Waals surface area (Å²) in [5.41, 5.74) is 1.16. The lowest BCUT2D eigenvalue weighted by molar-refractivity contribution is 0.251. The third kappa shape index (κ3) is 3.84. The van der Waals surface area contributed by atoms with Crippen LogP contribution in [0.2, 0.25) is 10.0 Å². The average Bonchev–Trinajstić information content (AvgIpc) is 2.42. The van der Waals surface area contributed by atoms with Gasteiger partial charge in [0.05, 0.1) is 28.0 Å². The molecule has 19 heavy (non-hydrogen) atoms. The first-order valence-electron chi connectivity index (χ1n) is 5.55. The third-order valence-corrected chi connectivity index (χ3v) is 2.99. The molecule has 0 aliphatic heterocycles. The number of hydrogen-bond acceptors (Lipinski definition) is 2. The standard InChI is InChI=1S/C13H11Cl2N3O/c14-10-5-3-6-11(15)12(10)18-13(19)17-8-9-4-1-2-7-16-9/h1-7H,8H2,(H2,17,18,19). The molecule has 98 valence electrons. The van der Waals surface area contributed by atoms with E-state index < -0.39 is 0 Å². The molecule has 4 nitrogen and oxygen atoms in total. The summed E-state index contributed by atoms with van der Waals surface area (Å²) in [6.45, 7) is 0.328. The Bertz CT molecular complexity index is 555. The number of urea groups is 1. The molecule has 2 rings (SSSR count). The van der Waals surface area contributed by atoms with Crippen molar-refractivity contribution in [2.75, 3.05) is 5.32 Å². The van der Waals surface area contributed by atoms with Crippen LogP contribution in [0, 0.1) is 0 Å². The molecule has 0 spiro atoms. The van der Waals surface area contributed by atoms with Crippen molar-refractivity contribution in [3.8, 4) is 0 Å². The van der Waals surface area contributed by atoms with Gasteiger partial charge in [-0.2, -0.15) is 0 Å². The van der Waals surface area contributed by atoms with E-state index in [0.717, 1.165) is 5.69 Å². The fourth-order valence-corrected chi connectivity index (χ4v) is 1.94. The molecular weight excluding hydrogens is 285 g/mol. The lowest BCUT2D eigenvalue weighted by atomic mass is 10.3. The highest BCUT2D eigenvalue weighted by molar-refractivity contribution is 6.39. The molecule has 0 saturated carbocycles. The van der Waals surface area contributed by atoms with Gasteiger partial charge in [0.2, 0.25) is 0 Å². The summed E-state index contributed by atoms with van der Waals surface area (Å²) in [6, 6.07) is 10.1. The topological polar surface area (TPSA) is 54.0 Å². The Balaban J connectivity index is 1.95. The first kappa shape index (κ1) is 13.6. The van der Waals surface area contributed by atoms with Gasteiger partial charge in [-0.05, 0) is 24.3 Å². The second kappa shape index (κ2) is 6.41. The Kier molecular flexibility index (Phi) is 4.60. The largest absolute Gasteiger partial charge is 0.332 e. The molecule has 2 aromatic rings. The minimum Gasteiger partial charge on any atom is -0.332 e. The van der Waals surface area contributed by atoms with Gasteiger partial charge in [-0.15, -0.1) is 0 Å². The molecule has 0 bridgehead atoms. The van der Waals surface area contributed by atoms with Crippen LogP contribution in [-0.2, 0) is 6.54 Å². The van der Waals surface area contributed by atoms with Crippen LogP contribution >= 0.6 is 23.2 Å². The molecule has 0 fully saturated rings. The van der Waals surface area contributed by atoms with Crippen LogP contribution in [0.5, 0.6) is 0 Å². The van der Waals surface area contributed by atoms with E-state index >= 15 is 0 Å². The smallest absolute Gasteiger partial charge is 0.319 e. The van der Waals surface area contributed by atoms with E-state index in [4.69, 9.17) is 23.2 Å². The van der Waals surface area contributed by atoms with Gasteiger partial charge in [0.15, 0.2) is 0 Å². The van der Waals surface area contributed by atoms with Crippen LogP contribution in [0.25, 0.3) is 0 Å². The Hall–Kier alpha value is -1.78.